The summed E-state index contributed by atoms with van der Waals surface area (Å²) < 4.78 is 30.8. The minimum Gasteiger partial charge on any atom is -0.462 e. The van der Waals surface area contributed by atoms with Crippen LogP contribution in [-0.2, 0) is 19.6 Å². The number of anilines is 2. The number of hydrogen-bond donors (Lipinski definition) is 1. The summed E-state index contributed by atoms with van der Waals surface area (Å²) in [7, 11) is -3.69. The zero-order chi connectivity index (χ0) is 20.0. The zero-order valence-electron chi connectivity index (χ0n) is 14.8. The SMILES string of the molecule is CCOC(=O)c1cccc(NC(=O)CN(c2ccccc2Br)S(C)(=O)=O)c1. The molecule has 144 valence electrons. The van der Waals surface area contributed by atoms with Crippen LogP contribution in [0.4, 0.5) is 11.4 Å². The van der Waals surface area contributed by atoms with Crippen LogP contribution in [0.25, 0.3) is 0 Å². The van der Waals surface area contributed by atoms with E-state index >= 15 is 0 Å². The number of amides is 1. The summed E-state index contributed by atoms with van der Waals surface area (Å²) in [5.41, 5.74) is 1.02. The molecule has 1 amide bonds. The monoisotopic (exact) mass is 454 g/mol. The van der Waals surface area contributed by atoms with Crippen LogP contribution in [0.1, 0.15) is 17.3 Å². The molecule has 2 aromatic carbocycles. The molecule has 0 fully saturated rings. The molecule has 1 N–H and O–H groups in total. The number of carbonyl (C=O) groups is 2. The average Bonchev–Trinajstić information content (AvgIpc) is 2.60. The van der Waals surface area contributed by atoms with Crippen molar-refractivity contribution in [1.82, 2.24) is 0 Å². The third-order valence-corrected chi connectivity index (χ3v) is 5.26. The highest BCUT2D eigenvalue weighted by Gasteiger charge is 2.22. The molecule has 0 aliphatic rings. The van der Waals surface area contributed by atoms with E-state index in [1.807, 2.05) is 0 Å². The summed E-state index contributed by atoms with van der Waals surface area (Å²) in [5.74, 6) is -1.04. The molecule has 0 bridgehead atoms. The summed E-state index contributed by atoms with van der Waals surface area (Å²) in [4.78, 5) is 24.2. The van der Waals surface area contributed by atoms with E-state index in [-0.39, 0.29) is 6.61 Å². The number of benzene rings is 2. The van der Waals surface area contributed by atoms with Gasteiger partial charge in [0, 0.05) is 10.2 Å². The lowest BCUT2D eigenvalue weighted by Gasteiger charge is -2.23. The van der Waals surface area contributed by atoms with Crippen molar-refractivity contribution in [3.63, 3.8) is 0 Å². The molecule has 27 heavy (non-hydrogen) atoms. The minimum absolute atomic E-state index is 0.241. The van der Waals surface area contributed by atoms with Crippen LogP contribution in [0.5, 0.6) is 0 Å². The second-order valence-corrected chi connectivity index (χ2v) is 8.33. The number of hydrogen-bond acceptors (Lipinski definition) is 5. The lowest BCUT2D eigenvalue weighted by molar-refractivity contribution is -0.114. The first-order valence-corrected chi connectivity index (χ1v) is 10.7. The van der Waals surface area contributed by atoms with Gasteiger partial charge in [-0.05, 0) is 53.2 Å². The van der Waals surface area contributed by atoms with Crippen LogP contribution < -0.4 is 9.62 Å². The van der Waals surface area contributed by atoms with Crippen molar-refractivity contribution in [2.24, 2.45) is 0 Å². The number of rotatable bonds is 7. The van der Waals surface area contributed by atoms with Gasteiger partial charge in [-0.15, -0.1) is 0 Å². The second kappa shape index (κ2) is 9.01. The van der Waals surface area contributed by atoms with Gasteiger partial charge in [0.15, 0.2) is 0 Å². The van der Waals surface area contributed by atoms with Crippen LogP contribution >= 0.6 is 15.9 Å². The Morgan fingerprint density at radius 1 is 1.15 bits per heavy atom. The third-order valence-electron chi connectivity index (χ3n) is 3.47. The highest BCUT2D eigenvalue weighted by molar-refractivity contribution is 9.10. The van der Waals surface area contributed by atoms with Crippen molar-refractivity contribution >= 4 is 49.2 Å². The topological polar surface area (TPSA) is 92.8 Å². The van der Waals surface area contributed by atoms with E-state index in [2.05, 4.69) is 21.2 Å². The molecule has 2 aromatic rings. The third kappa shape index (κ3) is 5.80. The number of esters is 1. The molecule has 0 unspecified atom stereocenters. The number of nitrogens with one attached hydrogen (secondary N) is 1. The Kier molecular flexibility index (Phi) is 6.98. The van der Waals surface area contributed by atoms with E-state index in [0.29, 0.717) is 21.4 Å². The molecule has 0 aliphatic heterocycles. The Morgan fingerprint density at radius 2 is 1.85 bits per heavy atom. The Hall–Kier alpha value is -2.39. The maximum atomic E-state index is 12.4. The van der Waals surface area contributed by atoms with Gasteiger partial charge in [0.25, 0.3) is 0 Å². The summed E-state index contributed by atoms with van der Waals surface area (Å²) >= 11 is 3.30. The molecule has 0 atom stereocenters. The number of halogens is 1. The zero-order valence-corrected chi connectivity index (χ0v) is 17.2. The summed E-state index contributed by atoms with van der Waals surface area (Å²) in [6.07, 6.45) is 1.03. The molecule has 7 nitrogen and oxygen atoms in total. The second-order valence-electron chi connectivity index (χ2n) is 5.57. The van der Waals surface area contributed by atoms with Gasteiger partial charge in [-0.25, -0.2) is 13.2 Å². The largest absolute Gasteiger partial charge is 0.462 e. The lowest BCUT2D eigenvalue weighted by atomic mass is 10.2. The van der Waals surface area contributed by atoms with Crippen LogP contribution in [0.2, 0.25) is 0 Å². The Labute approximate surface area is 166 Å². The molecular weight excluding hydrogens is 436 g/mol. The smallest absolute Gasteiger partial charge is 0.338 e. The number of nitrogens with zero attached hydrogens (tertiary/aromatic N) is 1. The van der Waals surface area contributed by atoms with Gasteiger partial charge in [-0.3, -0.25) is 9.10 Å². The highest BCUT2D eigenvalue weighted by atomic mass is 79.9. The van der Waals surface area contributed by atoms with Crippen molar-refractivity contribution < 1.29 is 22.7 Å². The van der Waals surface area contributed by atoms with Gasteiger partial charge < -0.3 is 10.1 Å². The van der Waals surface area contributed by atoms with E-state index in [1.165, 1.54) is 6.07 Å². The summed E-state index contributed by atoms with van der Waals surface area (Å²) in [6, 6.07) is 13.0. The molecule has 0 spiro atoms. The first-order chi connectivity index (χ1) is 12.7. The van der Waals surface area contributed by atoms with Gasteiger partial charge in [0.1, 0.15) is 6.54 Å². The molecule has 0 aromatic heterocycles. The van der Waals surface area contributed by atoms with Crippen LogP contribution in [0.3, 0.4) is 0 Å². The molecule has 0 aliphatic carbocycles. The molecule has 0 radical (unpaired) electrons. The summed E-state index contributed by atoms with van der Waals surface area (Å²) in [6.45, 7) is 1.53. The van der Waals surface area contributed by atoms with Gasteiger partial charge in [0.05, 0.1) is 24.1 Å². The first kappa shape index (κ1) is 20.9. The van der Waals surface area contributed by atoms with E-state index in [0.717, 1.165) is 10.6 Å². The number of ether oxygens (including phenoxy) is 1. The molecule has 0 saturated heterocycles. The van der Waals surface area contributed by atoms with E-state index in [4.69, 9.17) is 4.74 Å². The van der Waals surface area contributed by atoms with Crippen LogP contribution in [-0.4, -0.2) is 39.7 Å². The van der Waals surface area contributed by atoms with Crippen molar-refractivity contribution in [1.29, 1.82) is 0 Å². The fourth-order valence-corrected chi connectivity index (χ4v) is 3.79. The first-order valence-electron chi connectivity index (χ1n) is 8.01. The van der Waals surface area contributed by atoms with Crippen LogP contribution in [0, 0.1) is 0 Å². The minimum atomic E-state index is -3.69. The maximum Gasteiger partial charge on any atom is 0.338 e. The normalized spacial score (nSPS) is 10.9. The molecule has 9 heteroatoms. The quantitative estimate of drug-likeness (QED) is 0.648. The van der Waals surface area contributed by atoms with Gasteiger partial charge >= 0.3 is 5.97 Å². The predicted molar refractivity (Wildman–Crippen MR) is 107 cm³/mol. The Bertz CT molecular complexity index is 946. The highest BCUT2D eigenvalue weighted by Crippen LogP contribution is 2.27. The number of carbonyl (C=O) groups excluding carboxylic acids is 2. The standard InChI is InChI=1S/C18H19BrN2O5S/c1-3-26-18(23)13-7-6-8-14(11-13)20-17(22)12-21(27(2,24)25)16-10-5-4-9-15(16)19/h4-11H,3,12H2,1-2H3,(H,20,22). The van der Waals surface area contributed by atoms with Crippen LogP contribution in [0.15, 0.2) is 53.0 Å². The Morgan fingerprint density at radius 3 is 2.48 bits per heavy atom. The maximum absolute atomic E-state index is 12.4. The van der Waals surface area contributed by atoms with E-state index < -0.39 is 28.4 Å². The summed E-state index contributed by atoms with van der Waals surface area (Å²) in [5, 5.41) is 2.60. The number of sulfonamides is 1. The Balaban J connectivity index is 2.19. The molecule has 2 rings (SSSR count). The van der Waals surface area contributed by atoms with E-state index in [1.54, 1.807) is 49.4 Å². The lowest BCUT2D eigenvalue weighted by Crippen LogP contribution is -2.37. The molecular formula is C18H19BrN2O5S. The van der Waals surface area contributed by atoms with Crippen molar-refractivity contribution in [2.45, 2.75) is 6.92 Å². The molecule has 0 saturated carbocycles. The van der Waals surface area contributed by atoms with Gasteiger partial charge in [-0.1, -0.05) is 18.2 Å². The van der Waals surface area contributed by atoms with Crippen molar-refractivity contribution in [2.75, 3.05) is 29.0 Å². The van der Waals surface area contributed by atoms with Gasteiger partial charge in [0.2, 0.25) is 15.9 Å². The predicted octanol–water partition coefficient (Wildman–Crippen LogP) is 3.03. The number of para-hydroxylation sites is 1. The average molecular weight is 455 g/mol. The fourth-order valence-electron chi connectivity index (χ4n) is 2.30. The van der Waals surface area contributed by atoms with E-state index in [9.17, 15) is 18.0 Å². The van der Waals surface area contributed by atoms with Gasteiger partial charge in [-0.2, -0.15) is 0 Å². The molecule has 0 heterocycles. The van der Waals surface area contributed by atoms with Crippen molar-refractivity contribution in [3.8, 4) is 0 Å². The van der Waals surface area contributed by atoms with Crippen molar-refractivity contribution in [3.05, 3.63) is 58.6 Å². The fraction of sp³-hybridized carbons (Fsp3) is 0.222.